The maximum atomic E-state index is 11.8. The Hall–Kier alpha value is -0.190. The molecule has 0 unspecified atom stereocenters. The summed E-state index contributed by atoms with van der Waals surface area (Å²) in [6, 6.07) is 0. The van der Waals surface area contributed by atoms with E-state index in [1.54, 1.807) is 0 Å². The molecule has 0 saturated carbocycles. The second-order valence-electron chi connectivity index (χ2n) is 4.36. The van der Waals surface area contributed by atoms with Gasteiger partial charge in [0.05, 0.1) is 24.9 Å². The van der Waals surface area contributed by atoms with E-state index in [-0.39, 0.29) is 24.9 Å². The molecule has 0 saturated heterocycles. The molecule has 0 spiro atoms. The minimum atomic E-state index is -2.94. The van der Waals surface area contributed by atoms with Crippen LogP contribution in [0, 0.1) is 0 Å². The van der Waals surface area contributed by atoms with E-state index in [1.165, 1.54) is 0 Å². The number of sulfone groups is 1. The molecule has 104 valence electrons. The van der Waals surface area contributed by atoms with Crippen molar-refractivity contribution < 1.29 is 17.2 Å². The molecule has 5 heteroatoms. The van der Waals surface area contributed by atoms with Gasteiger partial charge in [-0.15, -0.1) is 0 Å². The summed E-state index contributed by atoms with van der Waals surface area (Å²) in [6.07, 6.45) is 5.42. The molecule has 0 rings (SSSR count). The first-order chi connectivity index (χ1) is 8.12. The van der Waals surface area contributed by atoms with E-state index in [0.717, 1.165) is 25.7 Å². The van der Waals surface area contributed by atoms with Crippen molar-refractivity contribution in [1.82, 2.24) is 0 Å². The molecule has 0 bridgehead atoms. The molecule has 0 radical (unpaired) electrons. The Labute approximate surface area is 104 Å². The predicted molar refractivity (Wildman–Crippen MR) is 67.5 cm³/mol. The zero-order chi connectivity index (χ0) is 13.0. The lowest BCUT2D eigenvalue weighted by atomic mass is 10.2. The Bertz CT molecular complexity index is 233. The summed E-state index contributed by atoms with van der Waals surface area (Å²) in [5, 5.41) is 0. The van der Waals surface area contributed by atoms with Crippen molar-refractivity contribution >= 4 is 9.84 Å². The predicted octanol–water partition coefficient (Wildman–Crippen LogP) is 3.46. The van der Waals surface area contributed by atoms with Gasteiger partial charge in [0.25, 0.3) is 0 Å². The molecule has 0 aromatic heterocycles. The van der Waals surface area contributed by atoms with Crippen LogP contribution in [0.5, 0.6) is 0 Å². The average molecular weight is 270 g/mol. The molecule has 0 heterocycles. The third-order valence-electron chi connectivity index (χ3n) is 2.68. The van der Waals surface area contributed by atoms with Crippen LogP contribution in [0.25, 0.3) is 0 Å². The van der Waals surface area contributed by atoms with Crippen molar-refractivity contribution in [1.29, 1.82) is 0 Å². The molecule has 0 aromatic carbocycles. The van der Waals surface area contributed by atoms with Crippen LogP contribution in [-0.2, 0) is 9.84 Å². The van der Waals surface area contributed by atoms with Crippen LogP contribution >= 0.6 is 0 Å². The van der Waals surface area contributed by atoms with Gasteiger partial charge in [-0.1, -0.05) is 25.7 Å². The van der Waals surface area contributed by atoms with Crippen LogP contribution in [-0.4, -0.2) is 33.3 Å². The monoisotopic (exact) mass is 270 g/mol. The van der Waals surface area contributed by atoms with Crippen LogP contribution in [0.2, 0.25) is 0 Å². The van der Waals surface area contributed by atoms with Crippen LogP contribution in [0.15, 0.2) is 0 Å². The summed E-state index contributed by atoms with van der Waals surface area (Å²) < 4.78 is 46.7. The fourth-order valence-electron chi connectivity index (χ4n) is 1.64. The highest BCUT2D eigenvalue weighted by Gasteiger charge is 2.09. The van der Waals surface area contributed by atoms with Crippen molar-refractivity contribution in [2.75, 3.05) is 24.9 Å². The second-order valence-corrected chi connectivity index (χ2v) is 6.66. The normalized spacial score (nSPS) is 11.9. The maximum Gasteiger partial charge on any atom is 0.150 e. The Morgan fingerprint density at radius 2 is 0.941 bits per heavy atom. The van der Waals surface area contributed by atoms with Gasteiger partial charge in [0.1, 0.15) is 9.84 Å². The third-order valence-corrected chi connectivity index (χ3v) is 4.50. The average Bonchev–Trinajstić information content (AvgIpc) is 2.28. The molecule has 0 aliphatic heterocycles. The number of alkyl halides is 2. The largest absolute Gasteiger partial charge is 0.251 e. The van der Waals surface area contributed by atoms with Crippen molar-refractivity contribution in [2.45, 2.75) is 51.4 Å². The first kappa shape index (κ1) is 16.8. The van der Waals surface area contributed by atoms with Gasteiger partial charge in [0.15, 0.2) is 0 Å². The minimum Gasteiger partial charge on any atom is -0.251 e. The van der Waals surface area contributed by atoms with E-state index >= 15 is 0 Å². The molecule has 2 nitrogen and oxygen atoms in total. The lowest BCUT2D eigenvalue weighted by Crippen LogP contribution is -2.11. The molecule has 0 fully saturated rings. The Balaban J connectivity index is 3.46. The summed E-state index contributed by atoms with van der Waals surface area (Å²) in [7, 11) is -2.94. The van der Waals surface area contributed by atoms with E-state index < -0.39 is 9.84 Å². The Kier molecular flexibility index (Phi) is 10.8. The van der Waals surface area contributed by atoms with E-state index in [9.17, 15) is 17.2 Å². The fraction of sp³-hybridized carbons (Fsp3) is 1.00. The molecule has 17 heavy (non-hydrogen) atoms. The molecule has 0 amide bonds. The van der Waals surface area contributed by atoms with Crippen molar-refractivity contribution in [2.24, 2.45) is 0 Å². The zero-order valence-electron chi connectivity index (χ0n) is 10.5. The van der Waals surface area contributed by atoms with Gasteiger partial charge >= 0.3 is 0 Å². The van der Waals surface area contributed by atoms with Crippen LogP contribution in [0.4, 0.5) is 8.78 Å². The molecule has 0 aromatic rings. The Morgan fingerprint density at radius 3 is 1.29 bits per heavy atom. The highest BCUT2D eigenvalue weighted by Crippen LogP contribution is 2.07. The zero-order valence-corrected chi connectivity index (χ0v) is 11.3. The van der Waals surface area contributed by atoms with Gasteiger partial charge in [0.2, 0.25) is 0 Å². The summed E-state index contributed by atoms with van der Waals surface area (Å²) in [5.74, 6) is 0.421. The van der Waals surface area contributed by atoms with E-state index in [1.807, 2.05) is 0 Å². The quantitative estimate of drug-likeness (QED) is 0.509. The fourth-order valence-corrected chi connectivity index (χ4v) is 3.13. The summed E-state index contributed by atoms with van der Waals surface area (Å²) in [5.41, 5.74) is 0. The third kappa shape index (κ3) is 12.1. The highest BCUT2D eigenvalue weighted by atomic mass is 32.2. The van der Waals surface area contributed by atoms with Gasteiger partial charge < -0.3 is 0 Å². The number of unbranched alkanes of at least 4 members (excludes halogenated alkanes) is 6. The number of halogens is 2. The van der Waals surface area contributed by atoms with E-state index in [0.29, 0.717) is 25.7 Å². The second kappa shape index (κ2) is 10.9. The van der Waals surface area contributed by atoms with E-state index in [2.05, 4.69) is 0 Å². The molecular weight excluding hydrogens is 246 g/mol. The first-order valence-electron chi connectivity index (χ1n) is 6.45. The van der Waals surface area contributed by atoms with Crippen LogP contribution < -0.4 is 0 Å². The summed E-state index contributed by atoms with van der Waals surface area (Å²) in [4.78, 5) is 0. The number of hydrogen-bond donors (Lipinski definition) is 0. The molecule has 0 N–H and O–H groups in total. The maximum absolute atomic E-state index is 11.8. The molecular formula is C12H24F2O2S. The van der Waals surface area contributed by atoms with Crippen molar-refractivity contribution in [3.8, 4) is 0 Å². The van der Waals surface area contributed by atoms with Crippen LogP contribution in [0.1, 0.15) is 51.4 Å². The number of hydrogen-bond acceptors (Lipinski definition) is 2. The molecule has 0 atom stereocenters. The SMILES string of the molecule is O=S(=O)(CCCCCCF)CCCCCCF. The van der Waals surface area contributed by atoms with E-state index in [4.69, 9.17) is 0 Å². The molecule has 0 aliphatic rings. The van der Waals surface area contributed by atoms with Gasteiger partial charge in [-0.25, -0.2) is 8.42 Å². The lowest BCUT2D eigenvalue weighted by Gasteiger charge is -2.04. The van der Waals surface area contributed by atoms with Crippen molar-refractivity contribution in [3.63, 3.8) is 0 Å². The van der Waals surface area contributed by atoms with Crippen molar-refractivity contribution in [3.05, 3.63) is 0 Å². The first-order valence-corrected chi connectivity index (χ1v) is 8.27. The smallest absolute Gasteiger partial charge is 0.150 e. The number of rotatable bonds is 12. The summed E-state index contributed by atoms with van der Waals surface area (Å²) >= 11 is 0. The van der Waals surface area contributed by atoms with Gasteiger partial charge in [0, 0.05) is 0 Å². The molecule has 0 aliphatic carbocycles. The standard InChI is InChI=1S/C12H24F2O2S/c13-9-5-1-3-7-11-17(15,16)12-8-4-2-6-10-14/h1-12H2. The van der Waals surface area contributed by atoms with Gasteiger partial charge in [-0.2, -0.15) is 0 Å². The van der Waals surface area contributed by atoms with Crippen LogP contribution in [0.3, 0.4) is 0 Å². The highest BCUT2D eigenvalue weighted by molar-refractivity contribution is 7.91. The Morgan fingerprint density at radius 1 is 0.588 bits per heavy atom. The summed E-state index contributed by atoms with van der Waals surface area (Å²) in [6.45, 7) is -0.636. The lowest BCUT2D eigenvalue weighted by molar-refractivity contribution is 0.454. The van der Waals surface area contributed by atoms with Gasteiger partial charge in [-0.3, -0.25) is 8.78 Å². The minimum absolute atomic E-state index is 0.211. The van der Waals surface area contributed by atoms with Gasteiger partial charge in [-0.05, 0) is 25.7 Å². The topological polar surface area (TPSA) is 34.1 Å².